The number of fused-ring (bicyclic) bond motifs is 1. The summed E-state index contributed by atoms with van der Waals surface area (Å²) in [5.41, 5.74) is 7.27. The fourth-order valence-electron chi connectivity index (χ4n) is 1.80. The van der Waals surface area contributed by atoms with E-state index in [1.807, 2.05) is 24.3 Å². The molecule has 1 heterocycles. The molecular formula is C14H18N2O2. The normalized spacial score (nSPS) is 10.7. The Labute approximate surface area is 106 Å². The summed E-state index contributed by atoms with van der Waals surface area (Å²) in [6.45, 7) is 0.919. The minimum absolute atomic E-state index is 0.251. The van der Waals surface area contributed by atoms with Crippen LogP contribution in [0.15, 0.2) is 30.5 Å². The first kappa shape index (κ1) is 12.6. The summed E-state index contributed by atoms with van der Waals surface area (Å²) in [4.78, 5) is 4.23. The van der Waals surface area contributed by atoms with Crippen molar-refractivity contribution in [1.82, 2.24) is 4.98 Å². The van der Waals surface area contributed by atoms with Crippen LogP contribution in [0, 0.1) is 0 Å². The van der Waals surface area contributed by atoms with Crippen LogP contribution in [-0.4, -0.2) is 23.3 Å². The first-order valence-electron chi connectivity index (χ1n) is 6.18. The van der Waals surface area contributed by atoms with E-state index in [9.17, 15) is 0 Å². The van der Waals surface area contributed by atoms with Gasteiger partial charge < -0.3 is 15.6 Å². The SMILES string of the molecule is Nc1cnc2ccc(OCCCCCO)cc2c1. The molecule has 2 aromatic rings. The Morgan fingerprint density at radius 2 is 2.06 bits per heavy atom. The van der Waals surface area contributed by atoms with E-state index in [0.717, 1.165) is 35.9 Å². The van der Waals surface area contributed by atoms with E-state index in [0.29, 0.717) is 12.3 Å². The number of unbranched alkanes of at least 4 members (excludes halogenated alkanes) is 2. The van der Waals surface area contributed by atoms with Gasteiger partial charge in [-0.2, -0.15) is 0 Å². The molecule has 3 N–H and O–H groups in total. The Morgan fingerprint density at radius 3 is 2.89 bits per heavy atom. The minimum Gasteiger partial charge on any atom is -0.494 e. The molecule has 0 bridgehead atoms. The summed E-state index contributed by atoms with van der Waals surface area (Å²) in [6.07, 6.45) is 4.42. The number of benzene rings is 1. The molecule has 4 heteroatoms. The van der Waals surface area contributed by atoms with Crippen LogP contribution < -0.4 is 10.5 Å². The number of pyridine rings is 1. The predicted octanol–water partition coefficient (Wildman–Crippen LogP) is 2.36. The van der Waals surface area contributed by atoms with Gasteiger partial charge in [-0.1, -0.05) is 0 Å². The van der Waals surface area contributed by atoms with Gasteiger partial charge >= 0.3 is 0 Å². The van der Waals surface area contributed by atoms with Crippen LogP contribution in [0.3, 0.4) is 0 Å². The second-order valence-corrected chi connectivity index (χ2v) is 4.26. The van der Waals surface area contributed by atoms with Gasteiger partial charge in [-0.15, -0.1) is 0 Å². The highest BCUT2D eigenvalue weighted by Gasteiger charge is 1.99. The molecule has 0 amide bonds. The molecule has 0 spiro atoms. The molecule has 0 atom stereocenters. The van der Waals surface area contributed by atoms with Crippen molar-refractivity contribution in [2.45, 2.75) is 19.3 Å². The molecule has 0 radical (unpaired) electrons. The number of nitrogen functional groups attached to an aromatic ring is 1. The number of aliphatic hydroxyl groups is 1. The Hall–Kier alpha value is -1.81. The number of ether oxygens (including phenoxy) is 1. The van der Waals surface area contributed by atoms with E-state index in [2.05, 4.69) is 4.98 Å². The first-order valence-corrected chi connectivity index (χ1v) is 6.18. The average Bonchev–Trinajstić information content (AvgIpc) is 2.38. The van der Waals surface area contributed by atoms with Crippen molar-refractivity contribution in [1.29, 1.82) is 0 Å². The van der Waals surface area contributed by atoms with E-state index >= 15 is 0 Å². The zero-order valence-corrected chi connectivity index (χ0v) is 10.3. The molecule has 0 aliphatic heterocycles. The minimum atomic E-state index is 0.251. The van der Waals surface area contributed by atoms with Gasteiger partial charge in [0.2, 0.25) is 0 Å². The molecule has 0 saturated heterocycles. The molecule has 4 nitrogen and oxygen atoms in total. The van der Waals surface area contributed by atoms with Crippen LogP contribution in [0.4, 0.5) is 5.69 Å². The zero-order valence-electron chi connectivity index (χ0n) is 10.3. The molecule has 0 unspecified atom stereocenters. The predicted molar refractivity (Wildman–Crippen MR) is 72.6 cm³/mol. The topological polar surface area (TPSA) is 68.4 Å². The van der Waals surface area contributed by atoms with Crippen molar-refractivity contribution in [3.63, 3.8) is 0 Å². The smallest absolute Gasteiger partial charge is 0.120 e. The molecule has 18 heavy (non-hydrogen) atoms. The fraction of sp³-hybridized carbons (Fsp3) is 0.357. The maximum Gasteiger partial charge on any atom is 0.120 e. The monoisotopic (exact) mass is 246 g/mol. The Balaban J connectivity index is 1.97. The highest BCUT2D eigenvalue weighted by molar-refractivity contribution is 5.82. The zero-order chi connectivity index (χ0) is 12.8. The first-order chi connectivity index (χ1) is 8.79. The molecule has 0 fully saturated rings. The third-order valence-electron chi connectivity index (χ3n) is 2.75. The summed E-state index contributed by atoms with van der Waals surface area (Å²) in [5, 5.41) is 9.66. The van der Waals surface area contributed by atoms with Crippen molar-refractivity contribution in [3.05, 3.63) is 30.5 Å². The van der Waals surface area contributed by atoms with Crippen molar-refractivity contribution < 1.29 is 9.84 Å². The molecule has 0 aliphatic carbocycles. The second-order valence-electron chi connectivity index (χ2n) is 4.26. The highest BCUT2D eigenvalue weighted by Crippen LogP contribution is 2.21. The molecule has 1 aromatic heterocycles. The van der Waals surface area contributed by atoms with E-state index < -0.39 is 0 Å². The lowest BCUT2D eigenvalue weighted by molar-refractivity contribution is 0.266. The Kier molecular flexibility index (Phi) is 4.36. The van der Waals surface area contributed by atoms with Crippen LogP contribution in [0.2, 0.25) is 0 Å². The van der Waals surface area contributed by atoms with Gasteiger partial charge in [0, 0.05) is 12.0 Å². The van der Waals surface area contributed by atoms with E-state index in [-0.39, 0.29) is 6.61 Å². The number of aromatic nitrogens is 1. The number of nitrogens with zero attached hydrogens (tertiary/aromatic N) is 1. The van der Waals surface area contributed by atoms with Gasteiger partial charge in [0.1, 0.15) is 5.75 Å². The largest absolute Gasteiger partial charge is 0.494 e. The fourth-order valence-corrected chi connectivity index (χ4v) is 1.80. The summed E-state index contributed by atoms with van der Waals surface area (Å²) in [7, 11) is 0. The Bertz CT molecular complexity index is 514. The maximum atomic E-state index is 8.67. The van der Waals surface area contributed by atoms with Crippen molar-refractivity contribution in [2.24, 2.45) is 0 Å². The number of anilines is 1. The van der Waals surface area contributed by atoms with Crippen LogP contribution >= 0.6 is 0 Å². The quantitative estimate of drug-likeness (QED) is 0.768. The molecule has 96 valence electrons. The van der Waals surface area contributed by atoms with Crippen molar-refractivity contribution in [3.8, 4) is 5.75 Å². The lowest BCUT2D eigenvalue weighted by Crippen LogP contribution is -1.98. The summed E-state index contributed by atoms with van der Waals surface area (Å²) < 4.78 is 5.65. The third-order valence-corrected chi connectivity index (χ3v) is 2.75. The number of rotatable bonds is 6. The molecule has 2 rings (SSSR count). The average molecular weight is 246 g/mol. The van der Waals surface area contributed by atoms with Crippen molar-refractivity contribution >= 4 is 16.6 Å². The van der Waals surface area contributed by atoms with E-state index in [1.165, 1.54) is 0 Å². The number of nitrogens with two attached hydrogens (primary N) is 1. The number of aliphatic hydroxyl groups excluding tert-OH is 1. The molecule has 1 aromatic carbocycles. The third kappa shape index (κ3) is 3.34. The van der Waals surface area contributed by atoms with Crippen LogP contribution in [0.25, 0.3) is 10.9 Å². The van der Waals surface area contributed by atoms with Gasteiger partial charge in [0.25, 0.3) is 0 Å². The standard InChI is InChI=1S/C14H18N2O2/c15-12-8-11-9-13(4-5-14(11)16-10-12)18-7-3-1-2-6-17/h4-5,8-10,17H,1-3,6-7,15H2. The van der Waals surface area contributed by atoms with Gasteiger partial charge in [0.05, 0.1) is 24.0 Å². The van der Waals surface area contributed by atoms with Gasteiger partial charge in [0.15, 0.2) is 0 Å². The second kappa shape index (κ2) is 6.21. The van der Waals surface area contributed by atoms with Gasteiger partial charge in [-0.05, 0) is 43.5 Å². The van der Waals surface area contributed by atoms with Crippen molar-refractivity contribution in [2.75, 3.05) is 18.9 Å². The maximum absolute atomic E-state index is 8.67. The molecule has 0 saturated carbocycles. The van der Waals surface area contributed by atoms with Gasteiger partial charge in [-0.25, -0.2) is 0 Å². The summed E-state index contributed by atoms with van der Waals surface area (Å²) >= 11 is 0. The van der Waals surface area contributed by atoms with Crippen LogP contribution in [0.1, 0.15) is 19.3 Å². The highest BCUT2D eigenvalue weighted by atomic mass is 16.5. The Morgan fingerprint density at radius 1 is 1.17 bits per heavy atom. The van der Waals surface area contributed by atoms with E-state index in [4.69, 9.17) is 15.6 Å². The number of hydrogen-bond donors (Lipinski definition) is 2. The molecule has 0 aliphatic rings. The summed E-state index contributed by atoms with van der Waals surface area (Å²) in [5.74, 6) is 0.832. The van der Waals surface area contributed by atoms with Crippen LogP contribution in [-0.2, 0) is 0 Å². The lowest BCUT2D eigenvalue weighted by atomic mass is 10.2. The van der Waals surface area contributed by atoms with E-state index in [1.54, 1.807) is 6.20 Å². The van der Waals surface area contributed by atoms with Gasteiger partial charge in [-0.3, -0.25) is 4.98 Å². The number of hydrogen-bond acceptors (Lipinski definition) is 4. The lowest BCUT2D eigenvalue weighted by Gasteiger charge is -2.07. The molecular weight excluding hydrogens is 228 g/mol. The van der Waals surface area contributed by atoms with Crippen LogP contribution in [0.5, 0.6) is 5.75 Å². The summed E-state index contributed by atoms with van der Waals surface area (Å²) in [6, 6.07) is 7.68.